The van der Waals surface area contributed by atoms with Crippen molar-refractivity contribution in [2.75, 3.05) is 31.1 Å². The molecule has 1 amide bonds. The lowest BCUT2D eigenvalue weighted by Gasteiger charge is -2.36. The van der Waals surface area contributed by atoms with Crippen LogP contribution in [0.15, 0.2) is 36.4 Å². The molecule has 9 heteroatoms. The second-order valence-corrected chi connectivity index (χ2v) is 6.54. The molecule has 1 aliphatic rings. The summed E-state index contributed by atoms with van der Waals surface area (Å²) in [4.78, 5) is 23.6. The molecule has 150 valence electrons. The third kappa shape index (κ3) is 4.71. The van der Waals surface area contributed by atoms with Crippen molar-refractivity contribution >= 4 is 11.7 Å². The van der Waals surface area contributed by atoms with Crippen LogP contribution < -0.4 is 9.64 Å². The molecule has 1 aliphatic heterocycles. The summed E-state index contributed by atoms with van der Waals surface area (Å²) in [5, 5.41) is 0. The molecule has 1 aromatic carbocycles. The fourth-order valence-electron chi connectivity index (χ4n) is 3.03. The van der Waals surface area contributed by atoms with Crippen LogP contribution in [0.1, 0.15) is 18.4 Å². The minimum atomic E-state index is -4.52. The highest BCUT2D eigenvalue weighted by Gasteiger charge is 2.34. The van der Waals surface area contributed by atoms with Crippen LogP contribution in [-0.4, -0.2) is 53.1 Å². The summed E-state index contributed by atoms with van der Waals surface area (Å²) in [5.74, 6) is 0.741. The summed E-state index contributed by atoms with van der Waals surface area (Å²) >= 11 is 0. The molecule has 1 aromatic heterocycles. The van der Waals surface area contributed by atoms with Crippen LogP contribution in [0.4, 0.5) is 19.0 Å². The zero-order valence-corrected chi connectivity index (χ0v) is 15.6. The lowest BCUT2D eigenvalue weighted by Crippen LogP contribution is -2.52. The smallest absolute Gasteiger partial charge is 0.433 e. The van der Waals surface area contributed by atoms with Crippen molar-refractivity contribution in [3.8, 4) is 5.75 Å². The van der Waals surface area contributed by atoms with Gasteiger partial charge in [0.05, 0.1) is 0 Å². The van der Waals surface area contributed by atoms with Gasteiger partial charge >= 0.3 is 6.18 Å². The molecule has 0 bridgehead atoms. The van der Waals surface area contributed by atoms with Gasteiger partial charge < -0.3 is 14.5 Å². The Morgan fingerprint density at radius 2 is 1.75 bits per heavy atom. The third-order valence-corrected chi connectivity index (χ3v) is 4.43. The van der Waals surface area contributed by atoms with Crippen molar-refractivity contribution in [1.82, 2.24) is 14.9 Å². The van der Waals surface area contributed by atoms with Crippen molar-refractivity contribution in [1.29, 1.82) is 0 Å². The Kier molecular flexibility index (Phi) is 5.71. The van der Waals surface area contributed by atoms with Gasteiger partial charge in [0.1, 0.15) is 23.1 Å². The zero-order chi connectivity index (χ0) is 20.3. The number of hydrogen-bond donors (Lipinski definition) is 0. The molecular formula is C19H21F3N4O2. The van der Waals surface area contributed by atoms with Crippen molar-refractivity contribution in [2.24, 2.45) is 0 Å². The van der Waals surface area contributed by atoms with E-state index in [0.29, 0.717) is 31.9 Å². The fourth-order valence-corrected chi connectivity index (χ4v) is 3.03. The molecule has 0 N–H and O–H groups in total. The first-order valence-electron chi connectivity index (χ1n) is 8.92. The Hall–Kier alpha value is -2.84. The number of ether oxygens (including phenoxy) is 1. The van der Waals surface area contributed by atoms with Gasteiger partial charge in [-0.05, 0) is 26.0 Å². The quantitative estimate of drug-likeness (QED) is 0.798. The number of aryl methyl sites for hydroxylation is 1. The normalized spacial score (nSPS) is 16.0. The molecule has 2 aromatic rings. The second kappa shape index (κ2) is 8.04. The number of para-hydroxylation sites is 1. The minimum Gasteiger partial charge on any atom is -0.481 e. The van der Waals surface area contributed by atoms with E-state index in [9.17, 15) is 18.0 Å². The van der Waals surface area contributed by atoms with Gasteiger partial charge in [-0.15, -0.1) is 0 Å². The van der Waals surface area contributed by atoms with Crippen LogP contribution in [0.5, 0.6) is 5.75 Å². The van der Waals surface area contributed by atoms with E-state index in [2.05, 4.69) is 9.97 Å². The van der Waals surface area contributed by atoms with Gasteiger partial charge in [0.15, 0.2) is 6.10 Å². The van der Waals surface area contributed by atoms with Gasteiger partial charge in [0, 0.05) is 32.2 Å². The molecule has 1 fully saturated rings. The summed E-state index contributed by atoms with van der Waals surface area (Å²) in [5.41, 5.74) is -0.960. The number of alkyl halides is 3. The molecule has 6 nitrogen and oxygen atoms in total. The topological polar surface area (TPSA) is 58.6 Å². The number of benzene rings is 1. The molecule has 2 heterocycles. The average Bonchev–Trinajstić information content (AvgIpc) is 2.67. The Morgan fingerprint density at radius 1 is 1.11 bits per heavy atom. The Balaban J connectivity index is 1.61. The summed E-state index contributed by atoms with van der Waals surface area (Å²) < 4.78 is 44.6. The van der Waals surface area contributed by atoms with Crippen molar-refractivity contribution in [3.63, 3.8) is 0 Å². The summed E-state index contributed by atoms with van der Waals surface area (Å²) in [6, 6.07) is 10.0. The highest BCUT2D eigenvalue weighted by atomic mass is 19.4. The average molecular weight is 394 g/mol. The number of anilines is 1. The maximum Gasteiger partial charge on any atom is 0.433 e. The predicted molar refractivity (Wildman–Crippen MR) is 97.1 cm³/mol. The fraction of sp³-hybridized carbons (Fsp3) is 0.421. The second-order valence-electron chi connectivity index (χ2n) is 6.54. The Bertz CT molecular complexity index is 822. The number of halogens is 3. The minimum absolute atomic E-state index is 0.0632. The largest absolute Gasteiger partial charge is 0.481 e. The van der Waals surface area contributed by atoms with Gasteiger partial charge in [-0.3, -0.25) is 4.79 Å². The maximum atomic E-state index is 13.0. The van der Waals surface area contributed by atoms with Gasteiger partial charge in [-0.25, -0.2) is 9.97 Å². The monoisotopic (exact) mass is 394 g/mol. The zero-order valence-electron chi connectivity index (χ0n) is 15.6. The lowest BCUT2D eigenvalue weighted by molar-refractivity contribution is -0.141. The van der Waals surface area contributed by atoms with E-state index < -0.39 is 18.0 Å². The van der Waals surface area contributed by atoms with E-state index in [1.165, 1.54) is 6.92 Å². The molecular weight excluding hydrogens is 373 g/mol. The van der Waals surface area contributed by atoms with Crippen LogP contribution in [-0.2, 0) is 11.0 Å². The van der Waals surface area contributed by atoms with Crippen LogP contribution in [0.25, 0.3) is 0 Å². The number of rotatable bonds is 4. The molecule has 1 atom stereocenters. The maximum absolute atomic E-state index is 13.0. The van der Waals surface area contributed by atoms with Crippen molar-refractivity contribution < 1.29 is 22.7 Å². The molecule has 0 radical (unpaired) electrons. The third-order valence-electron chi connectivity index (χ3n) is 4.43. The van der Waals surface area contributed by atoms with E-state index >= 15 is 0 Å². The molecule has 28 heavy (non-hydrogen) atoms. The van der Waals surface area contributed by atoms with Crippen molar-refractivity contribution in [3.05, 3.63) is 47.9 Å². The number of carbonyl (C=O) groups excluding carboxylic acids is 1. The molecule has 0 spiro atoms. The van der Waals surface area contributed by atoms with E-state index in [4.69, 9.17) is 4.74 Å². The molecule has 3 rings (SSSR count). The van der Waals surface area contributed by atoms with E-state index in [1.807, 2.05) is 18.2 Å². The first-order valence-corrected chi connectivity index (χ1v) is 8.92. The highest BCUT2D eigenvalue weighted by molar-refractivity contribution is 5.81. The van der Waals surface area contributed by atoms with Gasteiger partial charge in [0.2, 0.25) is 0 Å². The van der Waals surface area contributed by atoms with Gasteiger partial charge in [-0.2, -0.15) is 13.2 Å². The first kappa shape index (κ1) is 19.9. The predicted octanol–water partition coefficient (Wildman–Crippen LogP) is 2.92. The van der Waals surface area contributed by atoms with E-state index in [-0.39, 0.29) is 17.5 Å². The molecule has 0 saturated carbocycles. The van der Waals surface area contributed by atoms with Crippen LogP contribution in [0.3, 0.4) is 0 Å². The SMILES string of the molecule is Cc1nc(N2CCN(C(=O)[C@@H](C)Oc3ccccc3)CC2)cc(C(F)(F)F)n1. The first-order chi connectivity index (χ1) is 13.2. The number of hydrogen-bond acceptors (Lipinski definition) is 5. The number of nitrogens with zero attached hydrogens (tertiary/aromatic N) is 4. The molecule has 1 saturated heterocycles. The number of carbonyl (C=O) groups is 1. The summed E-state index contributed by atoms with van der Waals surface area (Å²) in [6.45, 7) is 4.65. The molecule has 0 unspecified atom stereocenters. The van der Waals surface area contributed by atoms with Gasteiger partial charge in [0.25, 0.3) is 5.91 Å². The Morgan fingerprint density at radius 3 is 2.36 bits per heavy atom. The number of piperazine rings is 1. The van der Waals surface area contributed by atoms with Crippen molar-refractivity contribution in [2.45, 2.75) is 26.1 Å². The number of aromatic nitrogens is 2. The number of amides is 1. The lowest BCUT2D eigenvalue weighted by atomic mass is 10.2. The van der Waals surface area contributed by atoms with Crippen LogP contribution >= 0.6 is 0 Å². The summed E-state index contributed by atoms with van der Waals surface area (Å²) in [7, 11) is 0. The van der Waals surface area contributed by atoms with Crippen LogP contribution in [0, 0.1) is 6.92 Å². The Labute approximate surface area is 160 Å². The van der Waals surface area contributed by atoms with Gasteiger partial charge in [-0.1, -0.05) is 18.2 Å². The summed E-state index contributed by atoms with van der Waals surface area (Å²) in [6.07, 6.45) is -5.17. The highest BCUT2D eigenvalue weighted by Crippen LogP contribution is 2.30. The van der Waals surface area contributed by atoms with E-state index in [1.54, 1.807) is 28.9 Å². The standard InChI is InChI=1S/C19H21F3N4O2/c1-13(28-15-6-4-3-5-7-15)18(27)26-10-8-25(9-11-26)17-12-16(19(20,21)22)23-14(2)24-17/h3-7,12-13H,8-11H2,1-2H3/t13-/m1/s1. The van der Waals surface area contributed by atoms with E-state index in [0.717, 1.165) is 6.07 Å². The van der Waals surface area contributed by atoms with Crippen LogP contribution in [0.2, 0.25) is 0 Å². The molecule has 0 aliphatic carbocycles.